The summed E-state index contributed by atoms with van der Waals surface area (Å²) in [6, 6.07) is 12.1. The average Bonchev–Trinajstić information content (AvgIpc) is 2.94. The van der Waals surface area contributed by atoms with Gasteiger partial charge in [0, 0.05) is 44.0 Å². The fraction of sp³-hybridized carbons (Fsp3) is 0.300. The summed E-state index contributed by atoms with van der Waals surface area (Å²) in [5.41, 5.74) is 3.35. The lowest BCUT2D eigenvalue weighted by Crippen LogP contribution is -2.37. The second-order valence-electron chi connectivity index (χ2n) is 6.56. The van der Waals surface area contributed by atoms with E-state index < -0.39 is 0 Å². The molecule has 0 spiro atoms. The lowest BCUT2D eigenvalue weighted by Gasteiger charge is -2.26. The molecule has 2 aromatic rings. The summed E-state index contributed by atoms with van der Waals surface area (Å²) in [5, 5.41) is 3.55. The Bertz CT molecular complexity index is 804. The van der Waals surface area contributed by atoms with Crippen molar-refractivity contribution in [2.24, 2.45) is 0 Å². The van der Waals surface area contributed by atoms with Crippen LogP contribution in [-0.4, -0.2) is 42.0 Å². The number of ether oxygens (including phenoxy) is 1. The number of benzene rings is 1. The van der Waals surface area contributed by atoms with Crippen LogP contribution in [0, 0.1) is 0 Å². The summed E-state index contributed by atoms with van der Waals surface area (Å²) in [6.45, 7) is 1.29. The Morgan fingerprint density at radius 2 is 2.16 bits per heavy atom. The molecule has 0 radical (unpaired) electrons. The first-order chi connectivity index (χ1) is 12.2. The van der Waals surface area contributed by atoms with Crippen molar-refractivity contribution in [3.05, 3.63) is 65.5 Å². The molecule has 1 aromatic heterocycles. The molecule has 4 rings (SSSR count). The van der Waals surface area contributed by atoms with E-state index in [1.54, 1.807) is 6.20 Å². The van der Waals surface area contributed by atoms with Crippen molar-refractivity contribution < 1.29 is 9.53 Å². The minimum Gasteiger partial charge on any atom is -0.489 e. The Morgan fingerprint density at radius 3 is 3.00 bits per heavy atom. The van der Waals surface area contributed by atoms with Gasteiger partial charge in [-0.25, -0.2) is 0 Å². The predicted molar refractivity (Wildman–Crippen MR) is 96.1 cm³/mol. The van der Waals surface area contributed by atoms with E-state index >= 15 is 0 Å². The lowest BCUT2D eigenvalue weighted by atomic mass is 10.0. The van der Waals surface area contributed by atoms with Gasteiger partial charge < -0.3 is 15.0 Å². The number of para-hydroxylation sites is 1. The number of aromatic nitrogens is 1. The number of rotatable bonds is 4. The zero-order valence-electron chi connectivity index (χ0n) is 14.2. The average molecular weight is 335 g/mol. The third kappa shape index (κ3) is 3.15. The highest BCUT2D eigenvalue weighted by atomic mass is 16.5. The molecule has 1 N–H and O–H groups in total. The molecule has 2 atom stereocenters. The number of nitrogens with one attached hydrogen (secondary N) is 1. The highest BCUT2D eigenvalue weighted by Gasteiger charge is 2.38. The molecule has 2 aliphatic heterocycles. The standard InChI is InChI=1S/C20H21N3O2/c1-23-19(24)10-17(20(23)16-6-4-8-21-12-16)22-11-14-9-15-5-2-3-7-18(15)25-13-14/h2-9,12,17,20,22H,10-11,13H2,1H3/t17-,20+/m1/s1. The van der Waals surface area contributed by atoms with Crippen molar-refractivity contribution in [1.82, 2.24) is 15.2 Å². The Balaban J connectivity index is 1.49. The topological polar surface area (TPSA) is 54.5 Å². The number of likely N-dealkylation sites (N-methyl/N-ethyl adjacent to an activating group) is 1. The SMILES string of the molecule is CN1C(=O)C[C@@H](NCC2=Cc3ccccc3OC2)[C@@H]1c1cccnc1. The number of carbonyl (C=O) groups is 1. The number of nitrogens with zero attached hydrogens (tertiary/aromatic N) is 2. The molecule has 25 heavy (non-hydrogen) atoms. The second-order valence-corrected chi connectivity index (χ2v) is 6.56. The van der Waals surface area contributed by atoms with Crippen molar-refractivity contribution >= 4 is 12.0 Å². The molecule has 128 valence electrons. The van der Waals surface area contributed by atoms with Gasteiger partial charge in [-0.1, -0.05) is 24.3 Å². The third-order valence-electron chi connectivity index (χ3n) is 4.90. The number of carbonyl (C=O) groups excluding carboxylic acids is 1. The molecule has 0 bridgehead atoms. The molecule has 0 aliphatic carbocycles. The van der Waals surface area contributed by atoms with Crippen molar-refractivity contribution in [1.29, 1.82) is 0 Å². The van der Waals surface area contributed by atoms with Crippen LogP contribution in [0.25, 0.3) is 6.08 Å². The molecule has 1 amide bonds. The predicted octanol–water partition coefficient (Wildman–Crippen LogP) is 2.42. The summed E-state index contributed by atoms with van der Waals surface area (Å²) in [6.07, 6.45) is 6.27. The van der Waals surface area contributed by atoms with Gasteiger partial charge >= 0.3 is 0 Å². The Labute approximate surface area is 147 Å². The summed E-state index contributed by atoms with van der Waals surface area (Å²) in [4.78, 5) is 18.2. The number of amides is 1. The lowest BCUT2D eigenvalue weighted by molar-refractivity contribution is -0.127. The maximum atomic E-state index is 12.2. The van der Waals surface area contributed by atoms with Crippen molar-refractivity contribution in [2.45, 2.75) is 18.5 Å². The summed E-state index contributed by atoms with van der Waals surface area (Å²) in [7, 11) is 1.86. The Kier molecular flexibility index (Phi) is 4.24. The van der Waals surface area contributed by atoms with Crippen LogP contribution in [0.2, 0.25) is 0 Å². The van der Waals surface area contributed by atoms with Crippen LogP contribution in [0.1, 0.15) is 23.6 Å². The molecule has 3 heterocycles. The second kappa shape index (κ2) is 6.69. The van der Waals surface area contributed by atoms with Gasteiger partial charge in [0.05, 0.1) is 6.04 Å². The van der Waals surface area contributed by atoms with Crippen LogP contribution in [0.15, 0.2) is 54.4 Å². The minimum absolute atomic E-state index is 0.0126. The fourth-order valence-corrected chi connectivity index (χ4v) is 3.59. The molecule has 0 saturated carbocycles. The number of fused-ring (bicyclic) bond motifs is 1. The third-order valence-corrected chi connectivity index (χ3v) is 4.90. The number of hydrogen-bond donors (Lipinski definition) is 1. The maximum Gasteiger partial charge on any atom is 0.224 e. The van der Waals surface area contributed by atoms with Crippen LogP contribution in [0.4, 0.5) is 0 Å². The molecular weight excluding hydrogens is 314 g/mol. The van der Waals surface area contributed by atoms with Crippen molar-refractivity contribution in [2.75, 3.05) is 20.2 Å². The monoisotopic (exact) mass is 335 g/mol. The van der Waals surface area contributed by atoms with E-state index in [1.807, 2.05) is 48.5 Å². The van der Waals surface area contributed by atoms with E-state index in [2.05, 4.69) is 22.4 Å². The molecule has 2 aliphatic rings. The summed E-state index contributed by atoms with van der Waals surface area (Å²) >= 11 is 0. The molecule has 0 unspecified atom stereocenters. The molecule has 1 fully saturated rings. The largest absolute Gasteiger partial charge is 0.489 e. The smallest absolute Gasteiger partial charge is 0.224 e. The number of likely N-dealkylation sites (tertiary alicyclic amines) is 1. The van der Waals surface area contributed by atoms with E-state index in [0.717, 1.165) is 16.9 Å². The molecular formula is C20H21N3O2. The van der Waals surface area contributed by atoms with Gasteiger partial charge in [-0.05, 0) is 29.3 Å². The van der Waals surface area contributed by atoms with E-state index in [1.165, 1.54) is 5.57 Å². The quantitative estimate of drug-likeness (QED) is 0.932. The maximum absolute atomic E-state index is 12.2. The van der Waals surface area contributed by atoms with Gasteiger partial charge in [0.2, 0.25) is 5.91 Å². The van der Waals surface area contributed by atoms with Gasteiger partial charge in [-0.15, -0.1) is 0 Å². The summed E-state index contributed by atoms with van der Waals surface area (Å²) in [5.74, 6) is 1.08. The van der Waals surface area contributed by atoms with Gasteiger partial charge in [0.25, 0.3) is 0 Å². The molecule has 5 heteroatoms. The van der Waals surface area contributed by atoms with E-state index in [-0.39, 0.29) is 18.0 Å². The Hall–Kier alpha value is -2.66. The minimum atomic E-state index is 0.0126. The van der Waals surface area contributed by atoms with Crippen LogP contribution in [0.5, 0.6) is 5.75 Å². The van der Waals surface area contributed by atoms with E-state index in [0.29, 0.717) is 19.6 Å². The highest BCUT2D eigenvalue weighted by molar-refractivity contribution is 5.80. The van der Waals surface area contributed by atoms with E-state index in [9.17, 15) is 4.79 Å². The van der Waals surface area contributed by atoms with Gasteiger partial charge in [0.1, 0.15) is 12.4 Å². The normalized spacial score (nSPS) is 22.4. The molecule has 1 aromatic carbocycles. The number of hydrogen-bond acceptors (Lipinski definition) is 4. The van der Waals surface area contributed by atoms with Gasteiger partial charge in [-0.3, -0.25) is 9.78 Å². The van der Waals surface area contributed by atoms with Gasteiger partial charge in [0.15, 0.2) is 0 Å². The Morgan fingerprint density at radius 1 is 1.28 bits per heavy atom. The molecule has 1 saturated heterocycles. The van der Waals surface area contributed by atoms with Crippen LogP contribution in [-0.2, 0) is 4.79 Å². The first-order valence-electron chi connectivity index (χ1n) is 8.52. The first-order valence-corrected chi connectivity index (χ1v) is 8.52. The van der Waals surface area contributed by atoms with Crippen LogP contribution >= 0.6 is 0 Å². The van der Waals surface area contributed by atoms with Crippen molar-refractivity contribution in [3.63, 3.8) is 0 Å². The zero-order chi connectivity index (χ0) is 17.2. The first kappa shape index (κ1) is 15.8. The van der Waals surface area contributed by atoms with Crippen LogP contribution < -0.4 is 10.1 Å². The van der Waals surface area contributed by atoms with E-state index in [4.69, 9.17) is 4.74 Å². The summed E-state index contributed by atoms with van der Waals surface area (Å²) < 4.78 is 5.81. The fourth-order valence-electron chi connectivity index (χ4n) is 3.59. The van der Waals surface area contributed by atoms with Gasteiger partial charge in [-0.2, -0.15) is 0 Å². The van der Waals surface area contributed by atoms with Crippen molar-refractivity contribution in [3.8, 4) is 5.75 Å². The number of pyridine rings is 1. The van der Waals surface area contributed by atoms with Crippen LogP contribution in [0.3, 0.4) is 0 Å². The zero-order valence-corrected chi connectivity index (χ0v) is 14.2. The highest BCUT2D eigenvalue weighted by Crippen LogP contribution is 2.32. The molecule has 5 nitrogen and oxygen atoms in total.